The normalized spacial score (nSPS) is 9.57. The van der Waals surface area contributed by atoms with E-state index in [1.807, 2.05) is 0 Å². The van der Waals surface area contributed by atoms with E-state index in [1.165, 1.54) is 26.2 Å². The maximum atomic E-state index is 11.0. The summed E-state index contributed by atoms with van der Waals surface area (Å²) in [5, 5.41) is 0. The molecule has 0 aliphatic rings. The Bertz CT molecular complexity index is 387. The number of carbonyl (C=O) groups is 2. The fraction of sp³-hybridized carbons (Fsp3) is 0.200. The lowest BCUT2D eigenvalue weighted by molar-refractivity contribution is -0.133. The van der Waals surface area contributed by atoms with Crippen LogP contribution in [0.5, 0.6) is 0 Å². The van der Waals surface area contributed by atoms with Crippen LogP contribution < -0.4 is 0 Å². The van der Waals surface area contributed by atoms with Gasteiger partial charge in [0.2, 0.25) is 0 Å². The third kappa shape index (κ3) is 1.90. The number of ether oxygens (including phenoxy) is 1. The first kappa shape index (κ1) is 10.2. The van der Waals surface area contributed by atoms with E-state index in [4.69, 9.17) is 4.42 Å². The molecule has 0 saturated carbocycles. The molecule has 14 heavy (non-hydrogen) atoms. The smallest absolute Gasteiger partial charge is 0.341 e. The zero-order valence-electron chi connectivity index (χ0n) is 7.99. The van der Waals surface area contributed by atoms with Gasteiger partial charge in [-0.15, -0.1) is 0 Å². The number of hydrogen-bond donors (Lipinski definition) is 0. The van der Waals surface area contributed by atoms with Crippen LogP contribution in [0, 0.1) is 0 Å². The summed E-state index contributed by atoms with van der Waals surface area (Å²) in [5.74, 6) is -0.324. The average molecular weight is 194 g/mol. The Hall–Kier alpha value is -1.84. The lowest BCUT2D eigenvalue weighted by Gasteiger charge is -1.98. The van der Waals surface area contributed by atoms with Crippen molar-refractivity contribution in [3.63, 3.8) is 0 Å². The van der Waals surface area contributed by atoms with Gasteiger partial charge in [0.25, 0.3) is 0 Å². The highest BCUT2D eigenvalue weighted by atomic mass is 16.5. The topological polar surface area (TPSA) is 56.5 Å². The third-order valence-electron chi connectivity index (χ3n) is 1.68. The minimum atomic E-state index is -0.575. The van der Waals surface area contributed by atoms with Gasteiger partial charge >= 0.3 is 5.97 Å². The monoisotopic (exact) mass is 194 g/mol. The molecule has 0 atom stereocenters. The number of esters is 1. The third-order valence-corrected chi connectivity index (χ3v) is 1.68. The summed E-state index contributed by atoms with van der Waals surface area (Å²) in [7, 11) is 1.25. The first-order chi connectivity index (χ1) is 6.56. The first-order valence-electron chi connectivity index (χ1n) is 3.94. The van der Waals surface area contributed by atoms with Crippen molar-refractivity contribution in [2.45, 2.75) is 6.92 Å². The van der Waals surface area contributed by atoms with E-state index in [1.54, 1.807) is 0 Å². The van der Waals surface area contributed by atoms with Crippen LogP contribution >= 0.6 is 0 Å². The molecule has 0 spiro atoms. The molecule has 0 aromatic carbocycles. The van der Waals surface area contributed by atoms with Crippen LogP contribution in [-0.4, -0.2) is 18.9 Å². The number of carbonyl (C=O) groups excluding carboxylic acids is 2. The van der Waals surface area contributed by atoms with Gasteiger partial charge in [-0.05, 0) is 12.1 Å². The first-order valence-corrected chi connectivity index (χ1v) is 3.94. The fourth-order valence-corrected chi connectivity index (χ4v) is 0.913. The summed E-state index contributed by atoms with van der Waals surface area (Å²) in [4.78, 5) is 21.9. The highest BCUT2D eigenvalue weighted by Crippen LogP contribution is 2.17. The Labute approximate surface area is 81.2 Å². The lowest BCUT2D eigenvalue weighted by atomic mass is 10.2. The Balaban J connectivity index is 2.92. The van der Waals surface area contributed by atoms with E-state index in [9.17, 15) is 9.59 Å². The van der Waals surface area contributed by atoms with E-state index in [0.29, 0.717) is 0 Å². The molecule has 0 amide bonds. The van der Waals surface area contributed by atoms with Gasteiger partial charge in [-0.2, -0.15) is 0 Å². The second-order valence-corrected chi connectivity index (χ2v) is 2.69. The predicted molar refractivity (Wildman–Crippen MR) is 49.8 cm³/mol. The maximum absolute atomic E-state index is 11.0. The Morgan fingerprint density at radius 3 is 2.36 bits per heavy atom. The molecule has 0 fully saturated rings. The summed E-state index contributed by atoms with van der Waals surface area (Å²) in [6, 6.07) is 3.00. The largest absolute Gasteiger partial charge is 0.465 e. The van der Waals surface area contributed by atoms with Crippen LogP contribution in [0.1, 0.15) is 23.2 Å². The summed E-state index contributed by atoms with van der Waals surface area (Å²) in [5.41, 5.74) is 0.0972. The number of furan rings is 1. The standard InChI is InChI=1S/C10H10O4/c1-6(10(12)13-3)8-4-5-9(14-8)7(2)11/h4-5H,1H2,2-3H3. The molecule has 0 N–H and O–H groups in total. The summed E-state index contributed by atoms with van der Waals surface area (Å²) >= 11 is 0. The zero-order chi connectivity index (χ0) is 10.7. The second kappa shape index (κ2) is 3.91. The van der Waals surface area contributed by atoms with Crippen LogP contribution in [0.2, 0.25) is 0 Å². The Morgan fingerprint density at radius 2 is 1.93 bits per heavy atom. The molecule has 0 aliphatic heterocycles. The molecular weight excluding hydrogens is 184 g/mol. The van der Waals surface area contributed by atoms with Crippen molar-refractivity contribution in [2.24, 2.45) is 0 Å². The van der Waals surface area contributed by atoms with E-state index < -0.39 is 5.97 Å². The predicted octanol–water partition coefficient (Wildman–Crippen LogP) is 1.67. The van der Waals surface area contributed by atoms with Gasteiger partial charge in [0, 0.05) is 6.92 Å². The molecule has 1 aromatic heterocycles. The van der Waals surface area contributed by atoms with E-state index >= 15 is 0 Å². The van der Waals surface area contributed by atoms with Gasteiger partial charge in [-0.25, -0.2) is 4.79 Å². The maximum Gasteiger partial charge on any atom is 0.341 e. The van der Waals surface area contributed by atoms with Crippen molar-refractivity contribution in [2.75, 3.05) is 7.11 Å². The fourth-order valence-electron chi connectivity index (χ4n) is 0.913. The molecule has 1 rings (SSSR count). The van der Waals surface area contributed by atoms with Crippen molar-refractivity contribution in [3.05, 3.63) is 30.2 Å². The van der Waals surface area contributed by atoms with E-state index in [-0.39, 0.29) is 22.9 Å². The summed E-state index contributed by atoms with van der Waals surface area (Å²) in [6.07, 6.45) is 0. The second-order valence-electron chi connectivity index (χ2n) is 2.69. The van der Waals surface area contributed by atoms with Gasteiger partial charge < -0.3 is 9.15 Å². The molecule has 74 valence electrons. The number of ketones is 1. The van der Waals surface area contributed by atoms with Crippen LogP contribution in [-0.2, 0) is 9.53 Å². The quantitative estimate of drug-likeness (QED) is 0.417. The number of methoxy groups -OCH3 is 1. The van der Waals surface area contributed by atoms with Gasteiger partial charge in [0.05, 0.1) is 12.7 Å². The van der Waals surface area contributed by atoms with Crippen molar-refractivity contribution < 1.29 is 18.7 Å². The van der Waals surface area contributed by atoms with Crippen molar-refractivity contribution in [1.29, 1.82) is 0 Å². The van der Waals surface area contributed by atoms with E-state index in [2.05, 4.69) is 11.3 Å². The molecule has 0 saturated heterocycles. The summed E-state index contributed by atoms with van der Waals surface area (Å²) < 4.78 is 9.53. The van der Waals surface area contributed by atoms with Gasteiger partial charge in [-0.1, -0.05) is 6.58 Å². The average Bonchev–Trinajstić information content (AvgIpc) is 2.64. The molecular formula is C10H10O4. The molecule has 1 aromatic rings. The number of Topliss-reactive ketones (excluding diaryl/α,β-unsaturated/α-hetero) is 1. The van der Waals surface area contributed by atoms with Crippen molar-refractivity contribution in [1.82, 2.24) is 0 Å². The van der Waals surface area contributed by atoms with E-state index in [0.717, 1.165) is 0 Å². The van der Waals surface area contributed by atoms with Crippen molar-refractivity contribution >= 4 is 17.3 Å². The molecule has 1 heterocycles. The SMILES string of the molecule is C=C(C(=O)OC)c1ccc(C(C)=O)o1. The van der Waals surface area contributed by atoms with Crippen LogP contribution in [0.4, 0.5) is 0 Å². The number of rotatable bonds is 3. The Morgan fingerprint density at radius 1 is 1.36 bits per heavy atom. The van der Waals surface area contributed by atoms with Gasteiger partial charge in [0.15, 0.2) is 11.5 Å². The number of hydrogen-bond acceptors (Lipinski definition) is 4. The highest BCUT2D eigenvalue weighted by Gasteiger charge is 2.14. The lowest BCUT2D eigenvalue weighted by Crippen LogP contribution is -2.01. The van der Waals surface area contributed by atoms with Crippen LogP contribution in [0.3, 0.4) is 0 Å². The molecule has 0 radical (unpaired) electrons. The molecule has 0 aliphatic carbocycles. The van der Waals surface area contributed by atoms with Gasteiger partial charge in [-0.3, -0.25) is 4.79 Å². The van der Waals surface area contributed by atoms with Crippen molar-refractivity contribution in [3.8, 4) is 0 Å². The highest BCUT2D eigenvalue weighted by molar-refractivity contribution is 6.14. The summed E-state index contributed by atoms with van der Waals surface area (Å²) in [6.45, 7) is 4.87. The zero-order valence-corrected chi connectivity index (χ0v) is 7.99. The van der Waals surface area contributed by atoms with Crippen LogP contribution in [0.25, 0.3) is 5.57 Å². The molecule has 0 bridgehead atoms. The van der Waals surface area contributed by atoms with Crippen LogP contribution in [0.15, 0.2) is 23.1 Å². The molecule has 4 heteroatoms. The minimum Gasteiger partial charge on any atom is -0.465 e. The molecule has 4 nitrogen and oxygen atoms in total. The Kier molecular flexibility index (Phi) is 2.86. The molecule has 0 unspecified atom stereocenters. The minimum absolute atomic E-state index is 0.0972. The van der Waals surface area contributed by atoms with Gasteiger partial charge in [0.1, 0.15) is 5.76 Å².